The number of rotatable bonds is 4. The van der Waals surface area contributed by atoms with Gasteiger partial charge in [-0.3, -0.25) is 0 Å². The van der Waals surface area contributed by atoms with Crippen molar-refractivity contribution in [2.75, 3.05) is 18.1 Å². The van der Waals surface area contributed by atoms with Crippen molar-refractivity contribution in [3.05, 3.63) is 15.6 Å². The highest BCUT2D eigenvalue weighted by molar-refractivity contribution is 7.99. The monoisotopic (exact) mass is 310 g/mol. The van der Waals surface area contributed by atoms with Crippen LogP contribution >= 0.6 is 23.1 Å². The van der Waals surface area contributed by atoms with E-state index in [0.717, 1.165) is 6.54 Å². The highest BCUT2D eigenvalue weighted by atomic mass is 32.2. The van der Waals surface area contributed by atoms with Gasteiger partial charge in [0.1, 0.15) is 5.01 Å². The second-order valence-corrected chi connectivity index (χ2v) is 8.95. The topological polar surface area (TPSA) is 24.9 Å². The van der Waals surface area contributed by atoms with E-state index in [1.165, 1.54) is 54.3 Å². The molecule has 0 saturated carbocycles. The molecule has 20 heavy (non-hydrogen) atoms. The Morgan fingerprint density at radius 1 is 1.30 bits per heavy atom. The number of thioether (sulfide) groups is 1. The molecule has 0 aromatic carbocycles. The molecule has 2 aliphatic rings. The van der Waals surface area contributed by atoms with Gasteiger partial charge in [0.05, 0.1) is 11.2 Å². The Morgan fingerprint density at radius 2 is 2.15 bits per heavy atom. The van der Waals surface area contributed by atoms with E-state index in [9.17, 15) is 0 Å². The highest BCUT2D eigenvalue weighted by Gasteiger charge is 2.50. The van der Waals surface area contributed by atoms with Crippen LogP contribution < -0.4 is 5.32 Å². The molecule has 1 aliphatic heterocycles. The predicted molar refractivity (Wildman–Crippen MR) is 89.8 cm³/mol. The molecule has 1 N–H and O–H groups in total. The number of fused-ring (bicyclic) bond motifs is 1. The van der Waals surface area contributed by atoms with Gasteiger partial charge in [-0.05, 0) is 49.8 Å². The molecule has 0 amide bonds. The molecule has 112 valence electrons. The first-order valence-electron chi connectivity index (χ1n) is 7.91. The second kappa shape index (κ2) is 5.62. The van der Waals surface area contributed by atoms with E-state index < -0.39 is 0 Å². The van der Waals surface area contributed by atoms with Crippen LogP contribution in [-0.4, -0.2) is 23.0 Å². The number of thiazole rings is 1. The summed E-state index contributed by atoms with van der Waals surface area (Å²) in [5, 5.41) is 5.28. The van der Waals surface area contributed by atoms with Gasteiger partial charge in [0.2, 0.25) is 0 Å². The lowest BCUT2D eigenvalue weighted by Crippen LogP contribution is -2.57. The van der Waals surface area contributed by atoms with E-state index in [1.54, 1.807) is 4.88 Å². The van der Waals surface area contributed by atoms with Crippen molar-refractivity contribution in [3.63, 3.8) is 0 Å². The number of nitrogens with one attached hydrogen (secondary N) is 1. The standard InChI is InChI=1S/C16H26N2S2/c1-4-9-17-16(11-19-10-8-15(16,2)3)14-18-12-6-5-7-13(12)20-14/h17H,4-11H2,1-3H3. The highest BCUT2D eigenvalue weighted by Crippen LogP contribution is 2.50. The van der Waals surface area contributed by atoms with Crippen LogP contribution in [0.5, 0.6) is 0 Å². The van der Waals surface area contributed by atoms with Crippen molar-refractivity contribution in [2.24, 2.45) is 5.41 Å². The lowest BCUT2D eigenvalue weighted by atomic mass is 9.71. The minimum absolute atomic E-state index is 0.0843. The zero-order chi connectivity index (χ0) is 14.2. The molecule has 0 spiro atoms. The molecule has 1 atom stereocenters. The van der Waals surface area contributed by atoms with E-state index in [0.29, 0.717) is 5.41 Å². The first-order valence-corrected chi connectivity index (χ1v) is 9.88. The molecule has 1 fully saturated rings. The summed E-state index contributed by atoms with van der Waals surface area (Å²) < 4.78 is 0. The first-order chi connectivity index (χ1) is 9.59. The van der Waals surface area contributed by atoms with Gasteiger partial charge in [-0.25, -0.2) is 4.98 Å². The number of aryl methyl sites for hydroxylation is 2. The molecular weight excluding hydrogens is 284 g/mol. The van der Waals surface area contributed by atoms with Gasteiger partial charge >= 0.3 is 0 Å². The van der Waals surface area contributed by atoms with Crippen molar-refractivity contribution >= 4 is 23.1 Å². The van der Waals surface area contributed by atoms with Gasteiger partial charge in [0, 0.05) is 10.6 Å². The van der Waals surface area contributed by atoms with Crippen molar-refractivity contribution in [2.45, 2.75) is 58.4 Å². The average molecular weight is 311 g/mol. The molecule has 0 radical (unpaired) electrons. The van der Waals surface area contributed by atoms with Crippen molar-refractivity contribution in [3.8, 4) is 0 Å². The zero-order valence-electron chi connectivity index (χ0n) is 12.9. The number of aromatic nitrogens is 1. The van der Waals surface area contributed by atoms with E-state index in [1.807, 2.05) is 11.3 Å². The molecule has 3 rings (SSSR count). The Balaban J connectivity index is 1.99. The summed E-state index contributed by atoms with van der Waals surface area (Å²) in [7, 11) is 0. The SMILES string of the molecule is CCCNC1(c2nc3c(s2)CCC3)CSCCC1(C)C. The average Bonchev–Trinajstić information content (AvgIpc) is 2.98. The molecule has 1 saturated heterocycles. The van der Waals surface area contributed by atoms with E-state index in [2.05, 4.69) is 37.8 Å². The lowest BCUT2D eigenvalue weighted by molar-refractivity contribution is 0.129. The second-order valence-electron chi connectivity index (χ2n) is 6.76. The summed E-state index contributed by atoms with van der Waals surface area (Å²) >= 11 is 4.09. The predicted octanol–water partition coefficient (Wildman–Crippen LogP) is 3.99. The van der Waals surface area contributed by atoms with Gasteiger partial charge < -0.3 is 5.32 Å². The zero-order valence-corrected chi connectivity index (χ0v) is 14.6. The Kier molecular flexibility index (Phi) is 4.17. The van der Waals surface area contributed by atoms with Crippen LogP contribution in [0.4, 0.5) is 0 Å². The number of hydrogen-bond donors (Lipinski definition) is 1. The molecule has 1 unspecified atom stereocenters. The third-order valence-electron chi connectivity index (χ3n) is 4.98. The quantitative estimate of drug-likeness (QED) is 0.910. The van der Waals surface area contributed by atoms with Gasteiger partial charge in [0.25, 0.3) is 0 Å². The molecule has 1 aromatic rings. The summed E-state index contributed by atoms with van der Waals surface area (Å²) in [5.41, 5.74) is 1.77. The van der Waals surface area contributed by atoms with E-state index >= 15 is 0 Å². The maximum Gasteiger partial charge on any atom is 0.115 e. The number of nitrogens with zero attached hydrogens (tertiary/aromatic N) is 1. The molecular formula is C16H26N2S2. The summed E-state index contributed by atoms with van der Waals surface area (Å²) in [6.45, 7) is 8.21. The largest absolute Gasteiger partial charge is 0.304 e. The van der Waals surface area contributed by atoms with Gasteiger partial charge in [0.15, 0.2) is 0 Å². The minimum atomic E-state index is 0.0843. The first kappa shape index (κ1) is 14.9. The smallest absolute Gasteiger partial charge is 0.115 e. The fraction of sp³-hybridized carbons (Fsp3) is 0.812. The van der Waals surface area contributed by atoms with E-state index in [4.69, 9.17) is 4.98 Å². The summed E-state index contributed by atoms with van der Waals surface area (Å²) in [5.74, 6) is 2.46. The maximum absolute atomic E-state index is 5.08. The molecule has 2 heterocycles. The van der Waals surface area contributed by atoms with Crippen LogP contribution in [0.2, 0.25) is 0 Å². The Bertz CT molecular complexity index is 459. The molecule has 1 aliphatic carbocycles. The molecule has 0 bridgehead atoms. The lowest BCUT2D eigenvalue weighted by Gasteiger charge is -2.49. The maximum atomic E-state index is 5.08. The van der Waals surface area contributed by atoms with E-state index in [-0.39, 0.29) is 5.54 Å². The van der Waals surface area contributed by atoms with Crippen molar-refractivity contribution < 1.29 is 0 Å². The van der Waals surface area contributed by atoms with Crippen LogP contribution in [0.25, 0.3) is 0 Å². The Hall–Kier alpha value is -0.0600. The molecule has 2 nitrogen and oxygen atoms in total. The Morgan fingerprint density at radius 3 is 2.85 bits per heavy atom. The third kappa shape index (κ3) is 2.34. The fourth-order valence-electron chi connectivity index (χ4n) is 3.39. The van der Waals surface area contributed by atoms with Gasteiger partial charge in [-0.2, -0.15) is 11.8 Å². The van der Waals surface area contributed by atoms with Gasteiger partial charge in [-0.1, -0.05) is 20.8 Å². The van der Waals surface area contributed by atoms with Crippen molar-refractivity contribution in [1.29, 1.82) is 0 Å². The van der Waals surface area contributed by atoms with Crippen LogP contribution in [0.1, 0.15) is 55.6 Å². The van der Waals surface area contributed by atoms with Crippen LogP contribution in [0.15, 0.2) is 0 Å². The van der Waals surface area contributed by atoms with Gasteiger partial charge in [-0.15, -0.1) is 11.3 Å². The fourth-order valence-corrected chi connectivity index (χ4v) is 6.71. The summed E-state index contributed by atoms with van der Waals surface area (Å²) in [6, 6.07) is 0. The third-order valence-corrected chi connectivity index (χ3v) is 7.43. The minimum Gasteiger partial charge on any atom is -0.304 e. The van der Waals surface area contributed by atoms with Crippen LogP contribution in [-0.2, 0) is 18.4 Å². The summed E-state index contributed by atoms with van der Waals surface area (Å²) in [6.07, 6.45) is 6.22. The Labute approximate surface area is 131 Å². The molecule has 1 aromatic heterocycles. The number of hydrogen-bond acceptors (Lipinski definition) is 4. The normalized spacial score (nSPS) is 28.6. The van der Waals surface area contributed by atoms with Crippen LogP contribution in [0.3, 0.4) is 0 Å². The van der Waals surface area contributed by atoms with Crippen molar-refractivity contribution in [1.82, 2.24) is 10.3 Å². The molecule has 4 heteroatoms. The summed E-state index contributed by atoms with van der Waals surface area (Å²) in [4.78, 5) is 6.64. The van der Waals surface area contributed by atoms with Crippen LogP contribution in [0, 0.1) is 5.41 Å².